The Bertz CT molecular complexity index is 440. The lowest BCUT2D eigenvalue weighted by molar-refractivity contribution is 0.486. The zero-order valence-corrected chi connectivity index (χ0v) is 11.4. The molecule has 0 spiro atoms. The molecule has 5 heteroatoms. The summed E-state index contributed by atoms with van der Waals surface area (Å²) in [5, 5.41) is 3.06. The van der Waals surface area contributed by atoms with Crippen LogP contribution in [0, 0.1) is 0 Å². The highest BCUT2D eigenvalue weighted by Gasteiger charge is 2.18. The molecule has 96 valence electrons. The first-order valence-corrected chi connectivity index (χ1v) is 7.16. The molecule has 0 fully saturated rings. The number of nitrogens with one attached hydrogen (secondary N) is 1. The maximum Gasteiger partial charge on any atom is 0.242 e. The fourth-order valence-electron chi connectivity index (χ4n) is 1.45. The van der Waals surface area contributed by atoms with Crippen LogP contribution >= 0.6 is 0 Å². The number of hydrogen-bond donors (Lipinski definition) is 1. The molecule has 0 aromatic heterocycles. The maximum absolute atomic E-state index is 12.0. The molecule has 1 aromatic rings. The third kappa shape index (κ3) is 3.52. The van der Waals surface area contributed by atoms with Gasteiger partial charge in [-0.25, -0.2) is 12.7 Å². The van der Waals surface area contributed by atoms with Gasteiger partial charge in [-0.3, -0.25) is 0 Å². The first-order valence-electron chi connectivity index (χ1n) is 5.72. The molecule has 0 radical (unpaired) electrons. The predicted molar refractivity (Wildman–Crippen MR) is 69.6 cm³/mol. The Morgan fingerprint density at radius 1 is 1.24 bits per heavy atom. The third-order valence-electron chi connectivity index (χ3n) is 2.74. The van der Waals surface area contributed by atoms with Crippen molar-refractivity contribution in [3.8, 4) is 0 Å². The summed E-state index contributed by atoms with van der Waals surface area (Å²) in [6, 6.07) is 7.08. The van der Waals surface area contributed by atoms with Crippen molar-refractivity contribution in [1.29, 1.82) is 0 Å². The normalized spacial score (nSPS) is 12.0. The van der Waals surface area contributed by atoms with Crippen LogP contribution in [0.25, 0.3) is 0 Å². The minimum atomic E-state index is -3.31. The molecule has 0 unspecified atom stereocenters. The van der Waals surface area contributed by atoms with E-state index in [1.165, 1.54) is 4.31 Å². The number of likely N-dealkylation sites (N-methyl/N-ethyl adjacent to an activating group) is 1. The van der Waals surface area contributed by atoms with Crippen LogP contribution in [0.1, 0.15) is 12.5 Å². The van der Waals surface area contributed by atoms with Crippen molar-refractivity contribution in [3.05, 3.63) is 29.8 Å². The molecule has 0 saturated carbocycles. The molecular weight excluding hydrogens is 236 g/mol. The van der Waals surface area contributed by atoms with E-state index in [1.807, 2.05) is 26.1 Å². The van der Waals surface area contributed by atoms with Crippen molar-refractivity contribution in [2.24, 2.45) is 0 Å². The standard InChI is InChI=1S/C12H20N2O2S/c1-4-14(3)17(15,16)12-7-5-11(6-8-12)9-10-13-2/h5-8,13H,4,9-10H2,1-3H3. The third-order valence-corrected chi connectivity index (χ3v) is 4.69. The number of benzene rings is 1. The van der Waals surface area contributed by atoms with Crippen molar-refractivity contribution in [1.82, 2.24) is 9.62 Å². The highest BCUT2D eigenvalue weighted by Crippen LogP contribution is 2.15. The van der Waals surface area contributed by atoms with E-state index in [1.54, 1.807) is 19.2 Å². The summed E-state index contributed by atoms with van der Waals surface area (Å²) in [4.78, 5) is 0.357. The zero-order valence-electron chi connectivity index (χ0n) is 10.6. The van der Waals surface area contributed by atoms with Crippen LogP contribution in [-0.4, -0.2) is 39.9 Å². The van der Waals surface area contributed by atoms with Crippen molar-refractivity contribution in [2.45, 2.75) is 18.2 Å². The summed E-state index contributed by atoms with van der Waals surface area (Å²) in [5.41, 5.74) is 1.14. The average Bonchev–Trinajstić information content (AvgIpc) is 2.35. The molecule has 4 nitrogen and oxygen atoms in total. The van der Waals surface area contributed by atoms with E-state index in [0.717, 1.165) is 18.5 Å². The van der Waals surface area contributed by atoms with Gasteiger partial charge in [-0.15, -0.1) is 0 Å². The minimum absolute atomic E-state index is 0.357. The van der Waals surface area contributed by atoms with Crippen LogP contribution in [0.3, 0.4) is 0 Å². The molecule has 0 amide bonds. The second-order valence-corrected chi connectivity index (χ2v) is 5.96. The van der Waals surface area contributed by atoms with Crippen LogP contribution in [0.4, 0.5) is 0 Å². The quantitative estimate of drug-likeness (QED) is 0.829. The highest BCUT2D eigenvalue weighted by atomic mass is 32.2. The SMILES string of the molecule is CCN(C)S(=O)(=O)c1ccc(CCNC)cc1. The maximum atomic E-state index is 12.0. The lowest BCUT2D eigenvalue weighted by Crippen LogP contribution is -2.26. The van der Waals surface area contributed by atoms with E-state index < -0.39 is 10.0 Å². The van der Waals surface area contributed by atoms with E-state index >= 15 is 0 Å². The van der Waals surface area contributed by atoms with E-state index in [0.29, 0.717) is 11.4 Å². The van der Waals surface area contributed by atoms with Crippen LogP contribution in [0.15, 0.2) is 29.2 Å². The van der Waals surface area contributed by atoms with Crippen LogP contribution < -0.4 is 5.32 Å². The fraction of sp³-hybridized carbons (Fsp3) is 0.500. The smallest absolute Gasteiger partial charge is 0.242 e. The molecule has 0 atom stereocenters. The Labute approximate surface area is 104 Å². The average molecular weight is 256 g/mol. The molecule has 0 bridgehead atoms. The topological polar surface area (TPSA) is 49.4 Å². The van der Waals surface area contributed by atoms with Gasteiger partial charge >= 0.3 is 0 Å². The summed E-state index contributed by atoms with van der Waals surface area (Å²) < 4.78 is 25.3. The second kappa shape index (κ2) is 6.14. The van der Waals surface area contributed by atoms with Crippen LogP contribution in [-0.2, 0) is 16.4 Å². The van der Waals surface area contributed by atoms with Crippen molar-refractivity contribution in [3.63, 3.8) is 0 Å². The zero-order chi connectivity index (χ0) is 12.9. The summed E-state index contributed by atoms with van der Waals surface area (Å²) in [6.45, 7) is 3.18. The number of sulfonamides is 1. The predicted octanol–water partition coefficient (Wildman–Crippen LogP) is 1.09. The van der Waals surface area contributed by atoms with Crippen molar-refractivity contribution >= 4 is 10.0 Å². The summed E-state index contributed by atoms with van der Waals surface area (Å²) in [6.07, 6.45) is 0.903. The van der Waals surface area contributed by atoms with Gasteiger partial charge in [0.2, 0.25) is 10.0 Å². The molecule has 17 heavy (non-hydrogen) atoms. The lowest BCUT2D eigenvalue weighted by atomic mass is 10.1. The Hall–Kier alpha value is -0.910. The van der Waals surface area contributed by atoms with Gasteiger partial charge < -0.3 is 5.32 Å². The van der Waals surface area contributed by atoms with Gasteiger partial charge in [0, 0.05) is 13.6 Å². The number of nitrogens with zero attached hydrogens (tertiary/aromatic N) is 1. The monoisotopic (exact) mass is 256 g/mol. The summed E-state index contributed by atoms with van der Waals surface area (Å²) in [7, 11) is 0.177. The molecule has 0 saturated heterocycles. The van der Waals surface area contributed by atoms with E-state index in [9.17, 15) is 8.42 Å². The van der Waals surface area contributed by atoms with Crippen LogP contribution in [0.2, 0.25) is 0 Å². The van der Waals surface area contributed by atoms with Gasteiger partial charge in [-0.05, 0) is 37.7 Å². The van der Waals surface area contributed by atoms with E-state index in [2.05, 4.69) is 5.32 Å². The largest absolute Gasteiger partial charge is 0.319 e. The summed E-state index contributed by atoms with van der Waals surface area (Å²) in [5.74, 6) is 0. The first-order chi connectivity index (χ1) is 8.02. The highest BCUT2D eigenvalue weighted by molar-refractivity contribution is 7.89. The van der Waals surface area contributed by atoms with Crippen molar-refractivity contribution < 1.29 is 8.42 Å². The van der Waals surface area contributed by atoms with E-state index in [-0.39, 0.29) is 0 Å². The molecular formula is C12H20N2O2S. The number of hydrogen-bond acceptors (Lipinski definition) is 3. The first kappa shape index (κ1) is 14.2. The van der Waals surface area contributed by atoms with Gasteiger partial charge in [0.25, 0.3) is 0 Å². The number of rotatable bonds is 6. The van der Waals surface area contributed by atoms with Gasteiger partial charge in [0.1, 0.15) is 0 Å². The molecule has 0 heterocycles. The molecule has 0 aliphatic carbocycles. The van der Waals surface area contributed by atoms with E-state index in [4.69, 9.17) is 0 Å². The Morgan fingerprint density at radius 2 is 1.82 bits per heavy atom. The Morgan fingerprint density at radius 3 is 2.29 bits per heavy atom. The van der Waals surface area contributed by atoms with Crippen molar-refractivity contribution in [2.75, 3.05) is 27.2 Å². The molecule has 1 rings (SSSR count). The molecule has 1 N–H and O–H groups in total. The van der Waals surface area contributed by atoms with Gasteiger partial charge in [0.05, 0.1) is 4.90 Å². The van der Waals surface area contributed by atoms with Crippen LogP contribution in [0.5, 0.6) is 0 Å². The van der Waals surface area contributed by atoms with Gasteiger partial charge in [0.15, 0.2) is 0 Å². The fourth-order valence-corrected chi connectivity index (χ4v) is 2.63. The van der Waals surface area contributed by atoms with Gasteiger partial charge in [-0.1, -0.05) is 19.1 Å². The molecule has 0 aliphatic rings. The Balaban J connectivity index is 2.87. The lowest BCUT2D eigenvalue weighted by Gasteiger charge is -2.14. The van der Waals surface area contributed by atoms with Gasteiger partial charge in [-0.2, -0.15) is 0 Å². The Kier molecular flexibility index (Phi) is 5.11. The molecule has 0 aliphatic heterocycles. The minimum Gasteiger partial charge on any atom is -0.319 e. The second-order valence-electron chi connectivity index (χ2n) is 3.92. The molecule has 1 aromatic carbocycles. The summed E-state index contributed by atoms with van der Waals surface area (Å²) >= 11 is 0.